The molecule has 4 nitrogen and oxygen atoms in total. The average Bonchev–Trinajstić information content (AvgIpc) is 2.39. The molecule has 0 bridgehead atoms. The van der Waals surface area contributed by atoms with Gasteiger partial charge in [-0.25, -0.2) is 0 Å². The number of pyridine rings is 1. The van der Waals surface area contributed by atoms with E-state index in [-0.39, 0.29) is 12.5 Å². The second-order valence-electron chi connectivity index (χ2n) is 4.35. The smallest absolute Gasteiger partial charge is 0.257 e. The van der Waals surface area contributed by atoms with Crippen molar-refractivity contribution in [3.8, 4) is 0 Å². The van der Waals surface area contributed by atoms with Gasteiger partial charge in [-0.15, -0.1) is 0 Å². The van der Waals surface area contributed by atoms with Crippen LogP contribution in [0, 0.1) is 13.8 Å². The predicted molar refractivity (Wildman–Crippen MR) is 74.0 cm³/mol. The van der Waals surface area contributed by atoms with Crippen LogP contribution in [0.25, 0.3) is 0 Å². The number of benzene rings is 1. The van der Waals surface area contributed by atoms with Crippen molar-refractivity contribution in [2.75, 3.05) is 5.32 Å². The fourth-order valence-corrected chi connectivity index (χ4v) is 1.90. The first-order valence-electron chi connectivity index (χ1n) is 6.06. The van der Waals surface area contributed by atoms with Gasteiger partial charge in [0.1, 0.15) is 0 Å². The molecule has 2 N–H and O–H groups in total. The topological polar surface area (TPSA) is 62.2 Å². The number of nitrogens with zero attached hydrogens (tertiary/aromatic N) is 1. The molecule has 1 heterocycles. The summed E-state index contributed by atoms with van der Waals surface area (Å²) < 4.78 is 0. The fraction of sp³-hybridized carbons (Fsp3) is 0.200. The number of aliphatic hydroxyl groups excluding tert-OH is 1. The quantitative estimate of drug-likeness (QED) is 0.886. The van der Waals surface area contributed by atoms with Gasteiger partial charge in [0.05, 0.1) is 17.9 Å². The minimum absolute atomic E-state index is 0.110. The molecule has 0 aliphatic heterocycles. The summed E-state index contributed by atoms with van der Waals surface area (Å²) in [4.78, 5) is 16.5. The van der Waals surface area contributed by atoms with Crippen LogP contribution in [0.2, 0.25) is 0 Å². The zero-order valence-corrected chi connectivity index (χ0v) is 11.0. The molecule has 1 aromatic heterocycles. The lowest BCUT2D eigenvalue weighted by molar-refractivity contribution is 0.102. The number of aliphatic hydroxyl groups is 1. The van der Waals surface area contributed by atoms with Crippen molar-refractivity contribution in [3.05, 3.63) is 58.9 Å². The third-order valence-electron chi connectivity index (χ3n) is 2.91. The van der Waals surface area contributed by atoms with Crippen LogP contribution in [-0.4, -0.2) is 16.0 Å². The molecular formula is C15H16N2O2. The van der Waals surface area contributed by atoms with E-state index >= 15 is 0 Å². The first-order chi connectivity index (χ1) is 9.11. The number of nitrogens with one attached hydrogen (secondary N) is 1. The molecule has 0 aliphatic carbocycles. The highest BCUT2D eigenvalue weighted by atomic mass is 16.3. The number of rotatable bonds is 3. The first-order valence-corrected chi connectivity index (χ1v) is 6.06. The molecule has 0 radical (unpaired) electrons. The van der Waals surface area contributed by atoms with Crippen molar-refractivity contribution in [2.24, 2.45) is 0 Å². The normalized spacial score (nSPS) is 10.3. The zero-order valence-electron chi connectivity index (χ0n) is 11.0. The van der Waals surface area contributed by atoms with E-state index < -0.39 is 0 Å². The molecule has 0 atom stereocenters. The van der Waals surface area contributed by atoms with Gasteiger partial charge in [-0.2, -0.15) is 0 Å². The fourth-order valence-electron chi connectivity index (χ4n) is 1.90. The number of carbonyl (C=O) groups excluding carboxylic acids is 1. The van der Waals surface area contributed by atoms with Crippen LogP contribution in [0.4, 0.5) is 5.69 Å². The summed E-state index contributed by atoms with van der Waals surface area (Å²) in [5.41, 5.74) is 3.42. The number of hydrogen-bond acceptors (Lipinski definition) is 3. The summed E-state index contributed by atoms with van der Waals surface area (Å²) in [5, 5.41) is 12.0. The molecule has 0 unspecified atom stereocenters. The monoisotopic (exact) mass is 256 g/mol. The van der Waals surface area contributed by atoms with Crippen molar-refractivity contribution in [1.29, 1.82) is 0 Å². The highest BCUT2D eigenvalue weighted by molar-refractivity contribution is 6.05. The highest BCUT2D eigenvalue weighted by Gasteiger charge is 2.11. The van der Waals surface area contributed by atoms with Gasteiger partial charge >= 0.3 is 0 Å². The van der Waals surface area contributed by atoms with Crippen molar-refractivity contribution in [3.63, 3.8) is 0 Å². The van der Waals surface area contributed by atoms with Gasteiger partial charge in [-0.05, 0) is 32.0 Å². The third-order valence-corrected chi connectivity index (χ3v) is 2.91. The number of aryl methyl sites for hydroxylation is 2. The van der Waals surface area contributed by atoms with Crippen molar-refractivity contribution in [2.45, 2.75) is 20.5 Å². The molecule has 19 heavy (non-hydrogen) atoms. The molecule has 0 spiro atoms. The van der Waals surface area contributed by atoms with Crippen LogP contribution in [0.15, 0.2) is 36.4 Å². The summed E-state index contributed by atoms with van der Waals surface area (Å²) in [6.45, 7) is 3.58. The Morgan fingerprint density at radius 1 is 1.21 bits per heavy atom. The number of hydrogen-bond donors (Lipinski definition) is 2. The Hall–Kier alpha value is -2.20. The van der Waals surface area contributed by atoms with E-state index in [0.29, 0.717) is 22.5 Å². The molecule has 1 amide bonds. The number of para-hydroxylation sites is 1. The van der Waals surface area contributed by atoms with E-state index in [1.807, 2.05) is 19.1 Å². The van der Waals surface area contributed by atoms with Gasteiger partial charge in [0.25, 0.3) is 5.91 Å². The summed E-state index contributed by atoms with van der Waals surface area (Å²) in [6, 6.07) is 10.7. The van der Waals surface area contributed by atoms with E-state index in [9.17, 15) is 9.90 Å². The average molecular weight is 256 g/mol. The largest absolute Gasteiger partial charge is 0.392 e. The molecular weight excluding hydrogens is 240 g/mol. The lowest BCUT2D eigenvalue weighted by atomic mass is 10.1. The third kappa shape index (κ3) is 2.98. The highest BCUT2D eigenvalue weighted by Crippen LogP contribution is 2.17. The summed E-state index contributed by atoms with van der Waals surface area (Å²) in [6.07, 6.45) is 0. The maximum atomic E-state index is 12.2. The lowest BCUT2D eigenvalue weighted by Crippen LogP contribution is -2.15. The summed E-state index contributed by atoms with van der Waals surface area (Å²) in [7, 11) is 0. The number of amides is 1. The second kappa shape index (κ2) is 5.63. The minimum Gasteiger partial charge on any atom is -0.392 e. The Balaban J connectivity index is 2.26. The molecule has 0 aliphatic rings. The van der Waals surface area contributed by atoms with Crippen molar-refractivity contribution >= 4 is 11.6 Å². The van der Waals surface area contributed by atoms with Gasteiger partial charge in [-0.3, -0.25) is 9.78 Å². The number of anilines is 1. The maximum absolute atomic E-state index is 12.2. The van der Waals surface area contributed by atoms with Crippen molar-refractivity contribution < 1.29 is 9.90 Å². The van der Waals surface area contributed by atoms with E-state index in [4.69, 9.17) is 0 Å². The van der Waals surface area contributed by atoms with E-state index in [1.165, 1.54) is 0 Å². The Morgan fingerprint density at radius 2 is 1.95 bits per heavy atom. The Bertz CT molecular complexity index is 609. The molecule has 0 saturated heterocycles. The molecule has 0 saturated carbocycles. The molecule has 1 aromatic carbocycles. The summed E-state index contributed by atoms with van der Waals surface area (Å²) >= 11 is 0. The molecule has 0 fully saturated rings. The number of aromatic nitrogens is 1. The van der Waals surface area contributed by atoms with E-state index in [1.54, 1.807) is 31.2 Å². The van der Waals surface area contributed by atoms with Gasteiger partial charge < -0.3 is 10.4 Å². The minimum atomic E-state index is -0.217. The maximum Gasteiger partial charge on any atom is 0.257 e. The van der Waals surface area contributed by atoms with Gasteiger partial charge in [-0.1, -0.05) is 18.2 Å². The zero-order chi connectivity index (χ0) is 13.8. The Morgan fingerprint density at radius 3 is 2.63 bits per heavy atom. The van der Waals surface area contributed by atoms with Crippen LogP contribution in [0.3, 0.4) is 0 Å². The molecule has 98 valence electrons. The van der Waals surface area contributed by atoms with Crippen LogP contribution < -0.4 is 5.32 Å². The standard InChI is InChI=1S/C15H16N2O2/c1-10-7-8-13(11(2)16-10)15(19)17-14-6-4-3-5-12(14)9-18/h3-8,18H,9H2,1-2H3,(H,17,19). The SMILES string of the molecule is Cc1ccc(C(=O)Nc2ccccc2CO)c(C)n1. The van der Waals surface area contributed by atoms with Gasteiger partial charge in [0.2, 0.25) is 0 Å². The van der Waals surface area contributed by atoms with E-state index in [2.05, 4.69) is 10.3 Å². The predicted octanol–water partition coefficient (Wildman–Crippen LogP) is 2.44. The second-order valence-corrected chi connectivity index (χ2v) is 4.35. The van der Waals surface area contributed by atoms with Crippen LogP contribution >= 0.6 is 0 Å². The number of carbonyl (C=O) groups is 1. The lowest BCUT2D eigenvalue weighted by Gasteiger charge is -2.10. The molecule has 2 aromatic rings. The first kappa shape index (κ1) is 13.2. The van der Waals surface area contributed by atoms with Gasteiger partial charge in [0.15, 0.2) is 0 Å². The Labute approximate surface area is 112 Å². The Kier molecular flexibility index (Phi) is 3.92. The van der Waals surface area contributed by atoms with Crippen LogP contribution in [-0.2, 0) is 6.61 Å². The molecule has 4 heteroatoms. The summed E-state index contributed by atoms with van der Waals surface area (Å²) in [5.74, 6) is -0.217. The van der Waals surface area contributed by atoms with Crippen LogP contribution in [0.1, 0.15) is 27.3 Å². The van der Waals surface area contributed by atoms with E-state index in [0.717, 1.165) is 5.69 Å². The van der Waals surface area contributed by atoms with Crippen LogP contribution in [0.5, 0.6) is 0 Å². The van der Waals surface area contributed by atoms with Gasteiger partial charge in [0, 0.05) is 16.9 Å². The van der Waals surface area contributed by atoms with Crippen molar-refractivity contribution in [1.82, 2.24) is 4.98 Å². The molecule has 2 rings (SSSR count).